The molecule has 1 saturated carbocycles. The lowest BCUT2D eigenvalue weighted by Crippen LogP contribution is -2.35. The van der Waals surface area contributed by atoms with Crippen LogP contribution in [0.3, 0.4) is 0 Å². The zero-order valence-corrected chi connectivity index (χ0v) is 30.5. The number of hydrogen-bond acceptors (Lipinski definition) is 10. The Bertz CT molecular complexity index is 1790. The third kappa shape index (κ3) is 10.5. The lowest BCUT2D eigenvalue weighted by atomic mass is 9.71. The molecular weight excluding hydrogens is 700 g/mol. The highest BCUT2D eigenvalue weighted by molar-refractivity contribution is 7.90. The maximum Gasteiger partial charge on any atom is 0.490 e. The molecule has 5 rings (SSSR count). The Morgan fingerprint density at radius 1 is 1.14 bits per heavy atom. The number of carbonyl (C=O) groups excluding carboxylic acids is 1. The van der Waals surface area contributed by atoms with E-state index >= 15 is 0 Å². The summed E-state index contributed by atoms with van der Waals surface area (Å²) < 4.78 is 59.7. The fourth-order valence-corrected chi connectivity index (χ4v) is 6.93. The average molecular weight is 744 g/mol. The number of alkyl halides is 3. The molecule has 18 heteroatoms. The molecule has 0 saturated heterocycles. The summed E-state index contributed by atoms with van der Waals surface area (Å²) in [5, 5.41) is 21.0. The van der Waals surface area contributed by atoms with Gasteiger partial charge in [-0.15, -0.1) is 0 Å². The van der Waals surface area contributed by atoms with Crippen LogP contribution in [0.15, 0.2) is 24.4 Å². The van der Waals surface area contributed by atoms with Crippen LogP contribution in [0.25, 0.3) is 10.3 Å². The number of aliphatic carboxylic acids is 1. The number of nitrogens with one attached hydrogen (secondary N) is 2. The Hall–Kier alpha value is -3.45. The zero-order valence-electron chi connectivity index (χ0n) is 28.8. The number of likely N-dealkylation sites (N-methyl/N-ethyl adjacent to an activating group) is 1. The fourth-order valence-electron chi connectivity index (χ4n) is 5.52. The third-order valence-corrected chi connectivity index (χ3v) is 11.2. The van der Waals surface area contributed by atoms with Gasteiger partial charge < -0.3 is 20.4 Å². The van der Waals surface area contributed by atoms with E-state index < -0.39 is 34.0 Å². The molecular formula is C32H44F3N7O6S2. The van der Waals surface area contributed by atoms with Gasteiger partial charge in [-0.3, -0.25) is 9.52 Å². The van der Waals surface area contributed by atoms with Crippen molar-refractivity contribution >= 4 is 49.6 Å². The second-order valence-corrected chi connectivity index (χ2v) is 17.1. The zero-order chi connectivity index (χ0) is 37.2. The van der Waals surface area contributed by atoms with Gasteiger partial charge in [-0.25, -0.2) is 19.7 Å². The SMILES string of the molecule is CN(CC[C@@H](NC(=O)c1nc2cc3c(nc2s1)CC[C@H](C(C)(C)C)C3)c1ccc(NS(=O)(=O)N(C)C)nc1)CC1(O)CC1.O=C(O)C(F)(F)F. The molecule has 1 amide bonds. The van der Waals surface area contributed by atoms with E-state index in [2.05, 4.69) is 51.7 Å². The number of fused-ring (bicyclic) bond motifs is 2. The lowest BCUT2D eigenvalue weighted by molar-refractivity contribution is -0.192. The molecule has 0 bridgehead atoms. The summed E-state index contributed by atoms with van der Waals surface area (Å²) in [6, 6.07) is 5.05. The number of halogens is 3. The van der Waals surface area contributed by atoms with Crippen molar-refractivity contribution in [2.24, 2.45) is 11.3 Å². The van der Waals surface area contributed by atoms with Crippen LogP contribution in [0.4, 0.5) is 19.0 Å². The van der Waals surface area contributed by atoms with E-state index in [1.165, 1.54) is 31.0 Å². The molecule has 0 spiro atoms. The van der Waals surface area contributed by atoms with E-state index in [-0.39, 0.29) is 17.1 Å². The molecule has 2 aliphatic rings. The van der Waals surface area contributed by atoms with Gasteiger partial charge in [0.1, 0.15) is 16.2 Å². The summed E-state index contributed by atoms with van der Waals surface area (Å²) in [6.45, 7) is 8.06. The molecule has 0 aliphatic heterocycles. The number of rotatable bonds is 11. The minimum Gasteiger partial charge on any atom is -0.475 e. The monoisotopic (exact) mass is 743 g/mol. The van der Waals surface area contributed by atoms with Crippen molar-refractivity contribution < 1.29 is 41.4 Å². The van der Waals surface area contributed by atoms with Crippen LogP contribution in [-0.2, 0) is 27.8 Å². The van der Waals surface area contributed by atoms with Crippen molar-refractivity contribution in [2.75, 3.05) is 39.0 Å². The number of thiazole rings is 1. The normalized spacial score (nSPS) is 17.9. The van der Waals surface area contributed by atoms with E-state index in [0.29, 0.717) is 30.4 Å². The number of aromatic nitrogens is 3. The Labute approximate surface area is 293 Å². The largest absolute Gasteiger partial charge is 0.490 e. The van der Waals surface area contributed by atoms with Crippen molar-refractivity contribution in [3.05, 3.63) is 46.2 Å². The molecule has 0 aromatic carbocycles. The number of aryl methyl sites for hydroxylation is 1. The van der Waals surface area contributed by atoms with Crippen molar-refractivity contribution in [1.29, 1.82) is 0 Å². The first kappa shape index (κ1) is 39.3. The number of pyridine rings is 2. The first-order valence-electron chi connectivity index (χ1n) is 16.0. The number of nitrogens with zero attached hydrogens (tertiary/aromatic N) is 5. The predicted molar refractivity (Wildman–Crippen MR) is 183 cm³/mol. The Morgan fingerprint density at radius 3 is 2.34 bits per heavy atom. The van der Waals surface area contributed by atoms with Crippen LogP contribution in [0.2, 0.25) is 0 Å². The summed E-state index contributed by atoms with van der Waals surface area (Å²) in [6.07, 6.45) is 1.68. The van der Waals surface area contributed by atoms with E-state index in [1.807, 2.05) is 7.05 Å². The van der Waals surface area contributed by atoms with Gasteiger partial charge >= 0.3 is 22.4 Å². The number of carboxylic acid groups (broad SMARTS) is 1. The van der Waals surface area contributed by atoms with Gasteiger partial charge in [0, 0.05) is 39.1 Å². The van der Waals surface area contributed by atoms with Crippen LogP contribution in [0.1, 0.15) is 79.1 Å². The summed E-state index contributed by atoms with van der Waals surface area (Å²) in [4.78, 5) is 39.2. The number of hydrogen-bond donors (Lipinski definition) is 4. The van der Waals surface area contributed by atoms with Gasteiger partial charge in [0.25, 0.3) is 5.91 Å². The standard InChI is InChI=1S/C30H43N7O4S2.C2HF3O2/c1-29(2,3)21-8-9-22-20(15-21)16-24-27(33-22)42-28(34-24)26(38)32-23(11-14-37(6)18-30(39)12-13-30)19-7-10-25(31-17-19)35-43(40,41)36(4)5;3-2(4,5)1(6)7/h7,10,16-17,21,23,39H,8-9,11-15,18H2,1-6H3,(H,31,35)(H,32,38);(H,6,7)/t21-,23+;/m0./s1. The Kier molecular flexibility index (Phi) is 11.8. The average Bonchev–Trinajstić information content (AvgIpc) is 3.58. The van der Waals surface area contributed by atoms with Gasteiger partial charge in [0.15, 0.2) is 5.01 Å². The number of anilines is 1. The summed E-state index contributed by atoms with van der Waals surface area (Å²) in [5.74, 6) is -2.28. The molecule has 0 radical (unpaired) electrons. The smallest absolute Gasteiger partial charge is 0.475 e. The van der Waals surface area contributed by atoms with Crippen LogP contribution < -0.4 is 10.0 Å². The fraction of sp³-hybridized carbons (Fsp3) is 0.594. The molecule has 1 fully saturated rings. The molecule has 3 aromatic heterocycles. The molecule has 276 valence electrons. The number of amides is 1. The lowest BCUT2D eigenvalue weighted by Gasteiger charge is -2.34. The van der Waals surface area contributed by atoms with Crippen LogP contribution in [0, 0.1) is 11.3 Å². The first-order valence-corrected chi connectivity index (χ1v) is 18.3. The van der Waals surface area contributed by atoms with Gasteiger partial charge in [0.05, 0.1) is 11.6 Å². The third-order valence-electron chi connectivity index (χ3n) is 8.81. The van der Waals surface area contributed by atoms with Crippen LogP contribution in [-0.4, -0.2) is 101 Å². The molecule has 4 N–H and O–H groups in total. The highest BCUT2D eigenvalue weighted by Crippen LogP contribution is 2.38. The Balaban J connectivity index is 0.000000727. The summed E-state index contributed by atoms with van der Waals surface area (Å²) in [7, 11) is 1.14. The molecule has 50 heavy (non-hydrogen) atoms. The van der Waals surface area contributed by atoms with Gasteiger partial charge in [-0.1, -0.05) is 38.2 Å². The second-order valence-electron chi connectivity index (χ2n) is 14.2. The van der Waals surface area contributed by atoms with Gasteiger partial charge in [-0.2, -0.15) is 25.9 Å². The maximum absolute atomic E-state index is 13.6. The van der Waals surface area contributed by atoms with E-state index in [4.69, 9.17) is 14.9 Å². The number of aliphatic hydroxyl groups is 1. The van der Waals surface area contributed by atoms with Crippen molar-refractivity contribution in [3.8, 4) is 0 Å². The van der Waals surface area contributed by atoms with Crippen molar-refractivity contribution in [1.82, 2.24) is 29.5 Å². The molecule has 2 aliphatic carbocycles. The molecule has 3 heterocycles. The quantitative estimate of drug-likeness (QED) is 0.220. The topological polar surface area (TPSA) is 178 Å². The number of carboxylic acids is 1. The molecule has 2 atom stereocenters. The summed E-state index contributed by atoms with van der Waals surface area (Å²) >= 11 is 1.30. The molecule has 3 aromatic rings. The van der Waals surface area contributed by atoms with Crippen molar-refractivity contribution in [2.45, 2.75) is 77.1 Å². The highest BCUT2D eigenvalue weighted by Gasteiger charge is 2.41. The van der Waals surface area contributed by atoms with Crippen molar-refractivity contribution in [3.63, 3.8) is 0 Å². The Morgan fingerprint density at radius 2 is 1.80 bits per heavy atom. The van der Waals surface area contributed by atoms with Gasteiger partial charge in [0.2, 0.25) is 0 Å². The predicted octanol–water partition coefficient (Wildman–Crippen LogP) is 4.41. The maximum atomic E-state index is 13.6. The van der Waals surface area contributed by atoms with E-state index in [0.717, 1.165) is 58.0 Å². The molecule has 0 unspecified atom stereocenters. The van der Waals surface area contributed by atoms with E-state index in [1.54, 1.807) is 18.3 Å². The highest BCUT2D eigenvalue weighted by atomic mass is 32.2. The minimum absolute atomic E-state index is 0.186. The minimum atomic E-state index is -5.08. The van der Waals surface area contributed by atoms with E-state index in [9.17, 15) is 31.5 Å². The van der Waals surface area contributed by atoms with Crippen LogP contribution >= 0.6 is 11.3 Å². The summed E-state index contributed by atoms with van der Waals surface area (Å²) in [5.41, 5.74) is 3.44. The van der Waals surface area contributed by atoms with Gasteiger partial charge in [-0.05, 0) is 80.2 Å². The first-order chi connectivity index (χ1) is 23.1. The molecule has 13 nitrogen and oxygen atoms in total. The van der Waals surface area contributed by atoms with Crippen LogP contribution in [0.5, 0.6) is 0 Å². The second kappa shape index (κ2) is 15.0. The number of carbonyl (C=O) groups is 2.